The zero-order chi connectivity index (χ0) is 21.1. The van der Waals surface area contributed by atoms with Crippen LogP contribution < -0.4 is 11.2 Å². The Morgan fingerprint density at radius 3 is 2.17 bits per heavy atom. The quantitative estimate of drug-likeness (QED) is 0.753. The number of nitrogens with one attached hydrogen (secondary N) is 1. The van der Waals surface area contributed by atoms with Crippen molar-refractivity contribution in [2.45, 2.75) is 101 Å². The van der Waals surface area contributed by atoms with Gasteiger partial charge in [0.1, 0.15) is 18.3 Å². The van der Waals surface area contributed by atoms with Gasteiger partial charge < -0.3 is 19.3 Å². The number of aliphatic hydroxyl groups is 1. The van der Waals surface area contributed by atoms with Gasteiger partial charge in [-0.2, -0.15) is 4.39 Å². The molecule has 3 aliphatic rings. The molecular formula is C21H31FN2O6. The van der Waals surface area contributed by atoms with Gasteiger partial charge in [-0.25, -0.2) is 4.79 Å². The summed E-state index contributed by atoms with van der Waals surface area (Å²) in [4.78, 5) is 25.6. The molecule has 4 rings (SSSR count). The van der Waals surface area contributed by atoms with Crippen molar-refractivity contribution in [2.75, 3.05) is 6.61 Å². The van der Waals surface area contributed by atoms with Crippen LogP contribution in [0.15, 0.2) is 15.8 Å². The Kier molecular flexibility index (Phi) is 6.72. The molecule has 1 saturated carbocycles. The fourth-order valence-electron chi connectivity index (χ4n) is 4.91. The van der Waals surface area contributed by atoms with Crippen LogP contribution in [-0.4, -0.2) is 45.4 Å². The van der Waals surface area contributed by atoms with Gasteiger partial charge in [-0.15, -0.1) is 0 Å². The minimum absolute atomic E-state index is 0.308. The summed E-state index contributed by atoms with van der Waals surface area (Å²) in [6.07, 6.45) is 9.76. The van der Waals surface area contributed by atoms with E-state index < -0.39 is 47.4 Å². The fraction of sp³-hybridized carbons (Fsp3) is 0.810. The molecule has 168 valence electrons. The van der Waals surface area contributed by atoms with E-state index in [9.17, 15) is 19.1 Å². The third-order valence-corrected chi connectivity index (χ3v) is 6.48. The monoisotopic (exact) mass is 426 g/mol. The molecule has 2 aliphatic heterocycles. The number of aromatic amines is 1. The minimum atomic E-state index is -1.08. The predicted molar refractivity (Wildman–Crippen MR) is 106 cm³/mol. The van der Waals surface area contributed by atoms with Crippen LogP contribution in [0, 0.1) is 5.82 Å². The highest BCUT2D eigenvalue weighted by molar-refractivity contribution is 5.00. The van der Waals surface area contributed by atoms with Crippen molar-refractivity contribution < 1.29 is 23.7 Å². The van der Waals surface area contributed by atoms with Crippen molar-refractivity contribution in [3.05, 3.63) is 32.9 Å². The number of aromatic nitrogens is 2. The first kappa shape index (κ1) is 21.7. The maximum absolute atomic E-state index is 13.9. The van der Waals surface area contributed by atoms with E-state index in [0.717, 1.165) is 49.3 Å². The van der Waals surface area contributed by atoms with Crippen LogP contribution in [0.2, 0.25) is 0 Å². The lowest BCUT2D eigenvalue weighted by atomic mass is 9.97. The number of aliphatic hydroxyl groups excluding tert-OH is 1. The van der Waals surface area contributed by atoms with E-state index in [4.69, 9.17) is 14.2 Å². The van der Waals surface area contributed by atoms with E-state index in [1.54, 1.807) is 0 Å². The number of halogens is 1. The Morgan fingerprint density at radius 2 is 1.57 bits per heavy atom. The smallest absolute Gasteiger partial charge is 0.330 e. The van der Waals surface area contributed by atoms with E-state index in [0.29, 0.717) is 0 Å². The SMILES string of the molecule is O=c1[nH]c(=O)n(C2OC(CO)C3OC4(CCCCCCCCCCC4)OC32)cc1F. The van der Waals surface area contributed by atoms with Gasteiger partial charge in [0.2, 0.25) is 5.82 Å². The maximum atomic E-state index is 13.9. The third-order valence-electron chi connectivity index (χ3n) is 6.48. The van der Waals surface area contributed by atoms with Crippen LogP contribution in [0.4, 0.5) is 4.39 Å². The molecule has 1 aromatic heterocycles. The number of hydrogen-bond acceptors (Lipinski definition) is 6. The number of nitrogens with zero attached hydrogens (tertiary/aromatic N) is 1. The summed E-state index contributed by atoms with van der Waals surface area (Å²) in [7, 11) is 0. The van der Waals surface area contributed by atoms with Crippen molar-refractivity contribution in [2.24, 2.45) is 0 Å². The number of rotatable bonds is 2. The second kappa shape index (κ2) is 9.30. The lowest BCUT2D eigenvalue weighted by molar-refractivity contribution is -0.228. The summed E-state index contributed by atoms with van der Waals surface area (Å²) in [6.45, 7) is -0.308. The first-order chi connectivity index (χ1) is 14.5. The second-order valence-corrected chi connectivity index (χ2v) is 8.65. The molecule has 2 N–H and O–H groups in total. The van der Waals surface area contributed by atoms with Gasteiger partial charge in [-0.3, -0.25) is 14.3 Å². The lowest BCUT2D eigenvalue weighted by Gasteiger charge is -2.31. The van der Waals surface area contributed by atoms with Gasteiger partial charge in [0, 0.05) is 12.8 Å². The van der Waals surface area contributed by atoms with Crippen molar-refractivity contribution in [1.82, 2.24) is 9.55 Å². The maximum Gasteiger partial charge on any atom is 0.330 e. The van der Waals surface area contributed by atoms with E-state index in [1.165, 1.54) is 32.1 Å². The molecule has 0 bridgehead atoms. The molecule has 3 fully saturated rings. The van der Waals surface area contributed by atoms with E-state index >= 15 is 0 Å². The molecule has 30 heavy (non-hydrogen) atoms. The Balaban J connectivity index is 1.58. The van der Waals surface area contributed by atoms with Gasteiger partial charge in [-0.05, 0) is 12.8 Å². The average Bonchev–Trinajstić information content (AvgIpc) is 3.23. The van der Waals surface area contributed by atoms with Crippen molar-refractivity contribution in [3.63, 3.8) is 0 Å². The number of fused-ring (bicyclic) bond motifs is 1. The Labute approximate surface area is 174 Å². The first-order valence-electron chi connectivity index (χ1n) is 11.2. The highest BCUT2D eigenvalue weighted by Gasteiger charge is 2.58. The van der Waals surface area contributed by atoms with Crippen LogP contribution in [0.1, 0.15) is 76.9 Å². The summed E-state index contributed by atoms with van der Waals surface area (Å²) in [6, 6.07) is 0. The van der Waals surface area contributed by atoms with Crippen LogP contribution >= 0.6 is 0 Å². The zero-order valence-corrected chi connectivity index (χ0v) is 17.2. The molecule has 2 saturated heterocycles. The number of ether oxygens (including phenoxy) is 3. The highest BCUT2D eigenvalue weighted by Crippen LogP contribution is 2.46. The van der Waals surface area contributed by atoms with Gasteiger partial charge >= 0.3 is 5.69 Å². The van der Waals surface area contributed by atoms with Crippen molar-refractivity contribution in [1.29, 1.82) is 0 Å². The van der Waals surface area contributed by atoms with Gasteiger partial charge in [0.25, 0.3) is 5.56 Å². The summed E-state index contributed by atoms with van der Waals surface area (Å²) in [5.74, 6) is -1.87. The summed E-state index contributed by atoms with van der Waals surface area (Å²) in [5, 5.41) is 9.80. The molecule has 9 heteroatoms. The third kappa shape index (κ3) is 4.39. The Morgan fingerprint density at radius 1 is 1.00 bits per heavy atom. The molecule has 1 aromatic rings. The fourth-order valence-corrected chi connectivity index (χ4v) is 4.91. The standard InChI is InChI=1S/C21H31FN2O6/c22-14-12-24(20(27)23-18(14)26)19-17-16(15(13-25)28-19)29-21(30-17)10-8-6-4-2-1-3-5-7-9-11-21/h12,15-17,19,25H,1-11,13H2,(H,23,26,27). The molecule has 1 aliphatic carbocycles. The van der Waals surface area contributed by atoms with Crippen molar-refractivity contribution >= 4 is 0 Å². The first-order valence-corrected chi connectivity index (χ1v) is 11.2. The summed E-state index contributed by atoms with van der Waals surface area (Å²) in [5.41, 5.74) is -1.86. The Bertz CT molecular complexity index is 828. The predicted octanol–water partition coefficient (Wildman–Crippen LogP) is 2.35. The average molecular weight is 426 g/mol. The summed E-state index contributed by atoms with van der Waals surface area (Å²) < 4.78 is 33.4. The summed E-state index contributed by atoms with van der Waals surface area (Å²) >= 11 is 0. The number of hydrogen-bond donors (Lipinski definition) is 2. The van der Waals surface area contributed by atoms with Crippen molar-refractivity contribution in [3.8, 4) is 0 Å². The highest BCUT2D eigenvalue weighted by atomic mass is 19.1. The van der Waals surface area contributed by atoms with E-state index in [-0.39, 0.29) is 6.61 Å². The molecule has 4 unspecified atom stereocenters. The molecule has 0 aromatic carbocycles. The molecule has 8 nitrogen and oxygen atoms in total. The van der Waals surface area contributed by atoms with Crippen LogP contribution in [-0.2, 0) is 14.2 Å². The molecule has 3 heterocycles. The normalized spacial score (nSPS) is 32.5. The Hall–Kier alpha value is -1.55. The lowest BCUT2D eigenvalue weighted by Crippen LogP contribution is -2.39. The van der Waals surface area contributed by atoms with E-state index in [2.05, 4.69) is 0 Å². The number of H-pyrrole nitrogens is 1. The molecule has 4 atom stereocenters. The van der Waals surface area contributed by atoms with Crippen LogP contribution in [0.25, 0.3) is 0 Å². The van der Waals surface area contributed by atoms with Gasteiger partial charge in [0.15, 0.2) is 12.0 Å². The van der Waals surface area contributed by atoms with Gasteiger partial charge in [0.05, 0.1) is 12.8 Å². The minimum Gasteiger partial charge on any atom is -0.394 e. The second-order valence-electron chi connectivity index (χ2n) is 8.65. The molecular weight excluding hydrogens is 395 g/mol. The topological polar surface area (TPSA) is 103 Å². The van der Waals surface area contributed by atoms with Gasteiger partial charge in [-0.1, -0.05) is 44.9 Å². The molecule has 0 radical (unpaired) electrons. The van der Waals surface area contributed by atoms with Crippen LogP contribution in [0.3, 0.4) is 0 Å². The van der Waals surface area contributed by atoms with Crippen LogP contribution in [0.5, 0.6) is 0 Å². The van der Waals surface area contributed by atoms with E-state index in [1.807, 2.05) is 4.98 Å². The largest absolute Gasteiger partial charge is 0.394 e. The zero-order valence-electron chi connectivity index (χ0n) is 17.2. The molecule has 0 amide bonds. The molecule has 1 spiro atoms.